The van der Waals surface area contributed by atoms with Gasteiger partial charge in [-0.25, -0.2) is 0 Å². The lowest BCUT2D eigenvalue weighted by molar-refractivity contribution is 0.381. The summed E-state index contributed by atoms with van der Waals surface area (Å²) in [5.41, 5.74) is 0.980. The molecule has 0 aromatic rings. The zero-order chi connectivity index (χ0) is 8.85. The number of hydrogen-bond acceptors (Lipinski definition) is 1. The minimum atomic E-state index is 0.526. The minimum Gasteiger partial charge on any atom is -0.512 e. The average molecular weight is 219 g/mol. The molecule has 0 radical (unpaired) electrons. The topological polar surface area (TPSA) is 20.2 Å². The summed E-state index contributed by atoms with van der Waals surface area (Å²) < 4.78 is 1.18. The molecular weight excluding hydrogens is 204 g/mol. The molecule has 2 heteroatoms. The first-order valence-corrected chi connectivity index (χ1v) is 4.74. The summed E-state index contributed by atoms with van der Waals surface area (Å²) in [6.45, 7) is 5.91. The molecule has 0 aromatic carbocycles. The maximum atomic E-state index is 9.11. The number of rotatable bonds is 0. The first-order chi connectivity index (χ1) is 5.20. The van der Waals surface area contributed by atoms with Gasteiger partial charge >= 0.3 is 0 Å². The van der Waals surface area contributed by atoms with Gasteiger partial charge in [-0.2, -0.15) is 0 Å². The summed E-state index contributed by atoms with van der Waals surface area (Å²) in [6, 6.07) is 0. The Morgan fingerprint density at radius 2 is 1.91 bits per heavy atom. The van der Waals surface area contributed by atoms with E-state index in [1.54, 1.807) is 0 Å². The standard InChI is InChI=1S/C7H9BrO.C2H6/c1-5-4-6(8)2-3-7(5)9;1-2/h4,9H,2-3H2,1H3;1-2H3. The van der Waals surface area contributed by atoms with Crippen LogP contribution in [0.3, 0.4) is 0 Å². The van der Waals surface area contributed by atoms with Crippen LogP contribution in [-0.2, 0) is 0 Å². The van der Waals surface area contributed by atoms with Gasteiger partial charge in [0.2, 0.25) is 0 Å². The van der Waals surface area contributed by atoms with Crippen LogP contribution < -0.4 is 0 Å². The van der Waals surface area contributed by atoms with Crippen LogP contribution >= 0.6 is 15.9 Å². The summed E-state index contributed by atoms with van der Waals surface area (Å²) in [5, 5.41) is 9.11. The van der Waals surface area contributed by atoms with Crippen molar-refractivity contribution in [2.24, 2.45) is 0 Å². The van der Waals surface area contributed by atoms with E-state index in [1.807, 2.05) is 26.8 Å². The molecule has 0 aromatic heterocycles. The molecule has 64 valence electrons. The molecule has 1 aliphatic rings. The molecular formula is C9H15BrO. The molecule has 0 saturated carbocycles. The number of aliphatic hydroxyl groups is 1. The number of halogens is 1. The highest BCUT2D eigenvalue weighted by Gasteiger charge is 2.05. The number of aliphatic hydroxyl groups excluding tert-OH is 1. The van der Waals surface area contributed by atoms with Gasteiger partial charge in [0.1, 0.15) is 0 Å². The zero-order valence-electron chi connectivity index (χ0n) is 7.32. The number of allylic oxidation sites excluding steroid dienone is 4. The van der Waals surface area contributed by atoms with Crippen molar-refractivity contribution in [2.75, 3.05) is 0 Å². The van der Waals surface area contributed by atoms with E-state index < -0.39 is 0 Å². The molecule has 0 saturated heterocycles. The van der Waals surface area contributed by atoms with Crippen LogP contribution in [0, 0.1) is 0 Å². The summed E-state index contributed by atoms with van der Waals surface area (Å²) in [6.07, 6.45) is 3.67. The quantitative estimate of drug-likeness (QED) is 0.654. The second kappa shape index (κ2) is 5.42. The first-order valence-electron chi connectivity index (χ1n) is 3.95. The van der Waals surface area contributed by atoms with Gasteiger partial charge in [-0.3, -0.25) is 0 Å². The van der Waals surface area contributed by atoms with Gasteiger partial charge in [-0.1, -0.05) is 29.8 Å². The lowest BCUT2D eigenvalue weighted by atomic mass is 10.1. The molecule has 1 rings (SSSR count). The largest absolute Gasteiger partial charge is 0.512 e. The minimum absolute atomic E-state index is 0.526. The van der Waals surface area contributed by atoms with Crippen LogP contribution in [0.1, 0.15) is 33.6 Å². The second-order valence-corrected chi connectivity index (χ2v) is 3.24. The Kier molecular flexibility index (Phi) is 5.30. The molecule has 1 nitrogen and oxygen atoms in total. The van der Waals surface area contributed by atoms with E-state index in [1.165, 1.54) is 4.48 Å². The Balaban J connectivity index is 0.000000461. The third-order valence-corrected chi connectivity index (χ3v) is 2.05. The van der Waals surface area contributed by atoms with Crippen molar-refractivity contribution in [3.63, 3.8) is 0 Å². The van der Waals surface area contributed by atoms with Gasteiger partial charge in [0.05, 0.1) is 5.76 Å². The van der Waals surface area contributed by atoms with E-state index in [-0.39, 0.29) is 0 Å². The Hall–Kier alpha value is -0.240. The monoisotopic (exact) mass is 218 g/mol. The Morgan fingerprint density at radius 1 is 1.36 bits per heavy atom. The molecule has 1 aliphatic carbocycles. The molecule has 11 heavy (non-hydrogen) atoms. The van der Waals surface area contributed by atoms with Crippen LogP contribution in [0.25, 0.3) is 0 Å². The summed E-state index contributed by atoms with van der Waals surface area (Å²) in [7, 11) is 0. The molecule has 1 N–H and O–H groups in total. The Labute approximate surface area is 76.9 Å². The number of hydrogen-bond donors (Lipinski definition) is 1. The van der Waals surface area contributed by atoms with Crippen molar-refractivity contribution in [2.45, 2.75) is 33.6 Å². The van der Waals surface area contributed by atoms with Crippen LogP contribution in [0.2, 0.25) is 0 Å². The van der Waals surface area contributed by atoms with Gasteiger partial charge in [0, 0.05) is 6.42 Å². The van der Waals surface area contributed by atoms with Crippen LogP contribution in [0.4, 0.5) is 0 Å². The second-order valence-electron chi connectivity index (χ2n) is 2.22. The molecule has 0 unspecified atom stereocenters. The lowest BCUT2D eigenvalue weighted by Crippen LogP contribution is -1.92. The fourth-order valence-corrected chi connectivity index (χ4v) is 1.37. The highest BCUT2D eigenvalue weighted by molar-refractivity contribution is 9.11. The van der Waals surface area contributed by atoms with E-state index in [2.05, 4.69) is 15.9 Å². The highest BCUT2D eigenvalue weighted by atomic mass is 79.9. The van der Waals surface area contributed by atoms with E-state index in [9.17, 15) is 0 Å². The molecule has 0 spiro atoms. The SMILES string of the molecule is CC.CC1=C(O)CCC(Br)=C1. The fourth-order valence-electron chi connectivity index (χ4n) is 0.825. The zero-order valence-corrected chi connectivity index (χ0v) is 8.90. The van der Waals surface area contributed by atoms with E-state index >= 15 is 0 Å². The van der Waals surface area contributed by atoms with Gasteiger partial charge < -0.3 is 5.11 Å². The normalized spacial score (nSPS) is 16.9. The third kappa shape index (κ3) is 3.61. The molecule has 0 atom stereocenters. The highest BCUT2D eigenvalue weighted by Crippen LogP contribution is 2.25. The predicted molar refractivity (Wildman–Crippen MR) is 52.9 cm³/mol. The maximum absolute atomic E-state index is 9.11. The maximum Gasteiger partial charge on any atom is 0.0955 e. The molecule has 0 heterocycles. The van der Waals surface area contributed by atoms with Crippen molar-refractivity contribution in [1.29, 1.82) is 0 Å². The van der Waals surface area contributed by atoms with Crippen molar-refractivity contribution < 1.29 is 5.11 Å². The summed E-state index contributed by atoms with van der Waals surface area (Å²) in [4.78, 5) is 0. The van der Waals surface area contributed by atoms with E-state index in [4.69, 9.17) is 5.11 Å². The molecule has 0 aliphatic heterocycles. The van der Waals surface area contributed by atoms with E-state index in [0.29, 0.717) is 5.76 Å². The smallest absolute Gasteiger partial charge is 0.0955 e. The van der Waals surface area contributed by atoms with Crippen LogP contribution in [0.5, 0.6) is 0 Å². The van der Waals surface area contributed by atoms with Gasteiger partial charge in [0.15, 0.2) is 0 Å². The van der Waals surface area contributed by atoms with Gasteiger partial charge in [-0.15, -0.1) is 0 Å². The van der Waals surface area contributed by atoms with Crippen molar-refractivity contribution in [3.8, 4) is 0 Å². The van der Waals surface area contributed by atoms with Gasteiger partial charge in [-0.05, 0) is 29.5 Å². The third-order valence-electron chi connectivity index (χ3n) is 1.43. The fraction of sp³-hybridized carbons (Fsp3) is 0.556. The predicted octanol–water partition coefficient (Wildman–Crippen LogP) is 3.92. The van der Waals surface area contributed by atoms with E-state index in [0.717, 1.165) is 18.4 Å². The van der Waals surface area contributed by atoms with Gasteiger partial charge in [0.25, 0.3) is 0 Å². The van der Waals surface area contributed by atoms with Crippen molar-refractivity contribution in [1.82, 2.24) is 0 Å². The Morgan fingerprint density at radius 3 is 2.27 bits per heavy atom. The first kappa shape index (κ1) is 10.8. The van der Waals surface area contributed by atoms with Crippen molar-refractivity contribution >= 4 is 15.9 Å². The Bertz CT molecular complexity index is 180. The molecule has 0 bridgehead atoms. The van der Waals surface area contributed by atoms with Crippen molar-refractivity contribution in [3.05, 3.63) is 21.9 Å². The summed E-state index contributed by atoms with van der Waals surface area (Å²) in [5.74, 6) is 0.526. The van der Waals surface area contributed by atoms with Crippen LogP contribution in [-0.4, -0.2) is 5.11 Å². The molecule has 0 fully saturated rings. The lowest BCUT2D eigenvalue weighted by Gasteiger charge is -2.08. The molecule has 0 amide bonds. The summed E-state index contributed by atoms with van der Waals surface area (Å²) >= 11 is 3.37. The average Bonchev–Trinajstić information content (AvgIpc) is 2.02. The van der Waals surface area contributed by atoms with Crippen LogP contribution in [0.15, 0.2) is 21.9 Å².